The molecule has 0 amide bonds. The van der Waals surface area contributed by atoms with Gasteiger partial charge in [-0.05, 0) is 43.5 Å². The van der Waals surface area contributed by atoms with Crippen LogP contribution in [0.5, 0.6) is 0 Å². The van der Waals surface area contributed by atoms with Gasteiger partial charge in [0, 0.05) is 24.2 Å². The van der Waals surface area contributed by atoms with E-state index in [1.54, 1.807) is 11.3 Å². The summed E-state index contributed by atoms with van der Waals surface area (Å²) in [6.45, 7) is 6.38. The molecule has 1 N–H and O–H groups in total. The lowest BCUT2D eigenvalue weighted by Crippen LogP contribution is -2.18. The SMILES string of the molecule is CCN1CCc2cc(C=NNc3nc(C)cs3)ccc21. The Bertz CT molecular complexity index is 633. The lowest BCUT2D eigenvalue weighted by atomic mass is 10.1. The van der Waals surface area contributed by atoms with Gasteiger partial charge in [-0.2, -0.15) is 5.10 Å². The number of likely N-dealkylation sites (N-methyl/N-ethyl adjacent to an activating group) is 1. The molecule has 1 aromatic carbocycles. The number of aromatic nitrogens is 1. The van der Waals surface area contributed by atoms with Gasteiger partial charge in [-0.15, -0.1) is 11.3 Å². The van der Waals surface area contributed by atoms with Crippen LogP contribution in [0.1, 0.15) is 23.7 Å². The number of fused-ring (bicyclic) bond motifs is 1. The van der Waals surface area contributed by atoms with Crippen molar-refractivity contribution in [2.24, 2.45) is 5.10 Å². The fourth-order valence-electron chi connectivity index (χ4n) is 2.47. The third-order valence-electron chi connectivity index (χ3n) is 3.47. The quantitative estimate of drug-likeness (QED) is 0.692. The summed E-state index contributed by atoms with van der Waals surface area (Å²) < 4.78 is 0. The molecule has 1 aromatic heterocycles. The zero-order chi connectivity index (χ0) is 13.9. The Balaban J connectivity index is 1.69. The Morgan fingerprint density at radius 3 is 3.15 bits per heavy atom. The van der Waals surface area contributed by atoms with Crippen LogP contribution in [0.25, 0.3) is 0 Å². The van der Waals surface area contributed by atoms with Gasteiger partial charge in [-0.25, -0.2) is 4.98 Å². The summed E-state index contributed by atoms with van der Waals surface area (Å²) in [5, 5.41) is 7.09. The summed E-state index contributed by atoms with van der Waals surface area (Å²) >= 11 is 1.57. The van der Waals surface area contributed by atoms with Crippen molar-refractivity contribution >= 4 is 28.4 Å². The van der Waals surface area contributed by atoms with E-state index in [0.29, 0.717) is 0 Å². The molecule has 0 spiro atoms. The van der Waals surface area contributed by atoms with Crippen molar-refractivity contribution in [2.45, 2.75) is 20.3 Å². The van der Waals surface area contributed by atoms with Gasteiger partial charge in [0.25, 0.3) is 0 Å². The molecule has 3 rings (SSSR count). The van der Waals surface area contributed by atoms with E-state index in [9.17, 15) is 0 Å². The van der Waals surface area contributed by atoms with E-state index in [0.717, 1.165) is 35.9 Å². The highest BCUT2D eigenvalue weighted by molar-refractivity contribution is 7.13. The number of hydrogen-bond acceptors (Lipinski definition) is 5. The van der Waals surface area contributed by atoms with Gasteiger partial charge in [0.05, 0.1) is 11.9 Å². The van der Waals surface area contributed by atoms with Crippen LogP contribution in [-0.4, -0.2) is 24.3 Å². The van der Waals surface area contributed by atoms with Crippen molar-refractivity contribution in [3.05, 3.63) is 40.4 Å². The molecule has 0 aliphatic carbocycles. The van der Waals surface area contributed by atoms with Crippen LogP contribution in [0.3, 0.4) is 0 Å². The first-order valence-electron chi connectivity index (χ1n) is 6.85. The predicted octanol–water partition coefficient (Wildman–Crippen LogP) is 3.28. The van der Waals surface area contributed by atoms with Crippen molar-refractivity contribution in [3.63, 3.8) is 0 Å². The number of hydrogen-bond donors (Lipinski definition) is 1. The molecule has 104 valence electrons. The van der Waals surface area contributed by atoms with Gasteiger partial charge < -0.3 is 4.90 Å². The first-order valence-corrected chi connectivity index (χ1v) is 7.73. The lowest BCUT2D eigenvalue weighted by Gasteiger charge is -2.16. The average molecular weight is 286 g/mol. The second kappa shape index (κ2) is 5.63. The first-order chi connectivity index (χ1) is 9.76. The van der Waals surface area contributed by atoms with Crippen molar-refractivity contribution in [2.75, 3.05) is 23.4 Å². The zero-order valence-electron chi connectivity index (χ0n) is 11.8. The van der Waals surface area contributed by atoms with Crippen molar-refractivity contribution in [1.29, 1.82) is 0 Å². The maximum Gasteiger partial charge on any atom is 0.203 e. The average Bonchev–Trinajstić information content (AvgIpc) is 3.04. The van der Waals surface area contributed by atoms with Crippen LogP contribution >= 0.6 is 11.3 Å². The fraction of sp³-hybridized carbons (Fsp3) is 0.333. The van der Waals surface area contributed by atoms with Gasteiger partial charge in [0.15, 0.2) is 0 Å². The highest BCUT2D eigenvalue weighted by Gasteiger charge is 2.16. The standard InChI is InChI=1S/C15H18N4S/c1-3-19-7-6-13-8-12(4-5-14(13)19)9-16-18-15-17-11(2)10-20-15/h4-5,8-10H,3,6-7H2,1-2H3,(H,17,18). The number of benzene rings is 1. The molecule has 0 atom stereocenters. The van der Waals surface area contributed by atoms with Crippen LogP contribution in [-0.2, 0) is 6.42 Å². The maximum absolute atomic E-state index is 4.31. The number of aryl methyl sites for hydroxylation is 1. The molecule has 20 heavy (non-hydrogen) atoms. The molecule has 0 bridgehead atoms. The largest absolute Gasteiger partial charge is 0.371 e. The molecule has 1 aliphatic heterocycles. The summed E-state index contributed by atoms with van der Waals surface area (Å²) in [4.78, 5) is 6.72. The number of rotatable bonds is 4. The minimum Gasteiger partial charge on any atom is -0.371 e. The highest BCUT2D eigenvalue weighted by atomic mass is 32.1. The summed E-state index contributed by atoms with van der Waals surface area (Å²) in [5.74, 6) is 0. The van der Waals surface area contributed by atoms with Crippen molar-refractivity contribution in [3.8, 4) is 0 Å². The Kier molecular flexibility index (Phi) is 3.69. The Hall–Kier alpha value is -1.88. The van der Waals surface area contributed by atoms with Crippen LogP contribution in [0, 0.1) is 6.92 Å². The third kappa shape index (κ3) is 2.67. The fourth-order valence-corrected chi connectivity index (χ4v) is 3.10. The van der Waals surface area contributed by atoms with E-state index < -0.39 is 0 Å². The molecule has 4 nitrogen and oxygen atoms in total. The molecular formula is C15H18N4S. The molecule has 2 aromatic rings. The predicted molar refractivity (Wildman–Crippen MR) is 86.1 cm³/mol. The van der Waals surface area contributed by atoms with E-state index in [1.165, 1.54) is 11.3 Å². The number of anilines is 2. The Morgan fingerprint density at radius 2 is 2.40 bits per heavy atom. The molecular weight excluding hydrogens is 268 g/mol. The van der Waals surface area contributed by atoms with Crippen LogP contribution in [0.2, 0.25) is 0 Å². The van der Waals surface area contributed by atoms with Gasteiger partial charge in [0.2, 0.25) is 5.13 Å². The second-order valence-corrected chi connectivity index (χ2v) is 5.74. The Morgan fingerprint density at radius 1 is 1.50 bits per heavy atom. The van der Waals surface area contributed by atoms with Crippen molar-refractivity contribution < 1.29 is 0 Å². The monoisotopic (exact) mass is 286 g/mol. The van der Waals surface area contributed by atoms with E-state index in [1.807, 2.05) is 18.5 Å². The molecule has 0 saturated carbocycles. The molecule has 0 unspecified atom stereocenters. The van der Waals surface area contributed by atoms with Gasteiger partial charge in [0.1, 0.15) is 0 Å². The van der Waals surface area contributed by atoms with E-state index in [4.69, 9.17) is 0 Å². The van der Waals surface area contributed by atoms with Crippen LogP contribution in [0.15, 0.2) is 28.7 Å². The van der Waals surface area contributed by atoms with Crippen molar-refractivity contribution in [1.82, 2.24) is 4.98 Å². The first kappa shape index (κ1) is 13.1. The molecule has 5 heteroatoms. The lowest BCUT2D eigenvalue weighted by molar-refractivity contribution is 0.868. The summed E-state index contributed by atoms with van der Waals surface area (Å²) in [6, 6.07) is 6.54. The summed E-state index contributed by atoms with van der Waals surface area (Å²) in [5.41, 5.74) is 7.90. The minimum absolute atomic E-state index is 0.831. The smallest absolute Gasteiger partial charge is 0.203 e. The van der Waals surface area contributed by atoms with Crippen LogP contribution < -0.4 is 10.3 Å². The topological polar surface area (TPSA) is 40.5 Å². The zero-order valence-corrected chi connectivity index (χ0v) is 12.6. The van der Waals surface area contributed by atoms with Gasteiger partial charge in [-0.3, -0.25) is 5.43 Å². The molecule has 0 saturated heterocycles. The molecule has 1 aliphatic rings. The summed E-state index contributed by atoms with van der Waals surface area (Å²) in [7, 11) is 0. The van der Waals surface area contributed by atoms with Gasteiger partial charge in [-0.1, -0.05) is 6.07 Å². The normalized spacial score (nSPS) is 14.0. The van der Waals surface area contributed by atoms with E-state index in [2.05, 4.69) is 45.5 Å². The second-order valence-electron chi connectivity index (χ2n) is 4.88. The number of nitrogens with zero attached hydrogens (tertiary/aromatic N) is 3. The number of nitrogens with one attached hydrogen (secondary N) is 1. The minimum atomic E-state index is 0.831. The number of hydrazone groups is 1. The molecule has 2 heterocycles. The highest BCUT2D eigenvalue weighted by Crippen LogP contribution is 2.28. The maximum atomic E-state index is 4.31. The van der Waals surface area contributed by atoms with E-state index >= 15 is 0 Å². The molecule has 0 radical (unpaired) electrons. The Labute approximate surface area is 123 Å². The third-order valence-corrected chi connectivity index (χ3v) is 4.33. The van der Waals surface area contributed by atoms with Crippen LogP contribution in [0.4, 0.5) is 10.8 Å². The molecule has 0 fully saturated rings. The summed E-state index contributed by atoms with van der Waals surface area (Å²) in [6.07, 6.45) is 2.98. The number of thiazole rings is 1. The van der Waals surface area contributed by atoms with Gasteiger partial charge >= 0.3 is 0 Å². The van der Waals surface area contributed by atoms with E-state index in [-0.39, 0.29) is 0 Å².